The van der Waals surface area contributed by atoms with Gasteiger partial charge in [-0.3, -0.25) is 9.21 Å². The van der Waals surface area contributed by atoms with E-state index >= 15 is 0 Å². The molecule has 6 aliphatic rings. The maximum atomic E-state index is 13.5. The predicted molar refractivity (Wildman–Crippen MR) is 155 cm³/mol. The van der Waals surface area contributed by atoms with Crippen LogP contribution in [-0.4, -0.2) is 63.5 Å². The minimum absolute atomic E-state index is 0.414. The minimum Gasteiger partial charge on any atom is -0.302 e. The number of sulfonamides is 1. The van der Waals surface area contributed by atoms with Crippen molar-refractivity contribution in [2.24, 2.45) is 29.1 Å². The van der Waals surface area contributed by atoms with Crippen LogP contribution in [0.1, 0.15) is 65.2 Å². The standard InChI is InChI=1S/C32H45N3O2S/c1-3-34(4-2)30(32-18-24-15-25(19-32)17-26(16-24)20-32)22-33-13-11-23(12-14-33)21-35-28-9-5-7-27-8-6-10-29(31(27)28)38(35,36)37/h5-10,23-26,30H,3-4,11-22H2,1-2H3. The van der Waals surface area contributed by atoms with Gasteiger partial charge in [-0.2, -0.15) is 0 Å². The van der Waals surface area contributed by atoms with Gasteiger partial charge >= 0.3 is 0 Å². The summed E-state index contributed by atoms with van der Waals surface area (Å²) in [4.78, 5) is 6.03. The number of hydrogen-bond donors (Lipinski definition) is 0. The summed E-state index contributed by atoms with van der Waals surface area (Å²) >= 11 is 0. The topological polar surface area (TPSA) is 43.9 Å². The average molecular weight is 536 g/mol. The third-order valence-corrected chi connectivity index (χ3v) is 13.1. The monoisotopic (exact) mass is 535 g/mol. The Morgan fingerprint density at radius 2 is 1.53 bits per heavy atom. The molecule has 2 aromatic carbocycles. The van der Waals surface area contributed by atoms with E-state index in [4.69, 9.17) is 0 Å². The fourth-order valence-corrected chi connectivity index (χ4v) is 11.7. The Morgan fingerprint density at radius 1 is 0.921 bits per heavy atom. The van der Waals surface area contributed by atoms with Crippen molar-refractivity contribution in [3.63, 3.8) is 0 Å². The van der Waals surface area contributed by atoms with Crippen LogP contribution in [0, 0.1) is 29.1 Å². The molecule has 4 saturated carbocycles. The summed E-state index contributed by atoms with van der Waals surface area (Å²) in [5.74, 6) is 3.38. The van der Waals surface area contributed by atoms with E-state index in [2.05, 4.69) is 23.6 Å². The van der Waals surface area contributed by atoms with Gasteiger partial charge in [0.2, 0.25) is 0 Å². The molecule has 0 amide bonds. The summed E-state index contributed by atoms with van der Waals surface area (Å²) in [6.07, 6.45) is 11.1. The van der Waals surface area contributed by atoms with Crippen molar-refractivity contribution < 1.29 is 8.42 Å². The van der Waals surface area contributed by atoms with Crippen LogP contribution < -0.4 is 4.31 Å². The first-order chi connectivity index (χ1) is 18.4. The Balaban J connectivity index is 1.05. The first kappa shape index (κ1) is 25.3. The third kappa shape index (κ3) is 4.04. The van der Waals surface area contributed by atoms with Crippen LogP contribution in [0.4, 0.5) is 5.69 Å². The zero-order chi connectivity index (χ0) is 26.1. The van der Waals surface area contributed by atoms with Gasteiger partial charge in [0.1, 0.15) is 0 Å². The zero-order valence-electron chi connectivity index (χ0n) is 23.3. The normalized spacial score (nSPS) is 33.0. The van der Waals surface area contributed by atoms with Gasteiger partial charge in [-0.15, -0.1) is 0 Å². The first-order valence-corrected chi connectivity index (χ1v) is 16.8. The molecule has 4 aliphatic carbocycles. The number of hydrogen-bond acceptors (Lipinski definition) is 4. The second kappa shape index (κ2) is 9.49. The number of rotatable bonds is 8. The molecule has 6 heteroatoms. The molecule has 4 bridgehead atoms. The van der Waals surface area contributed by atoms with Crippen molar-refractivity contribution in [3.05, 3.63) is 36.4 Å². The van der Waals surface area contributed by atoms with Crippen molar-refractivity contribution in [2.45, 2.75) is 76.2 Å². The van der Waals surface area contributed by atoms with Crippen LogP contribution in [-0.2, 0) is 10.0 Å². The molecule has 5 fully saturated rings. The van der Waals surface area contributed by atoms with Crippen molar-refractivity contribution >= 4 is 26.5 Å². The number of likely N-dealkylation sites (tertiary alicyclic amines) is 1. The van der Waals surface area contributed by atoms with Crippen molar-refractivity contribution in [1.29, 1.82) is 0 Å². The highest BCUT2D eigenvalue weighted by Gasteiger charge is 2.55. The summed E-state index contributed by atoms with van der Waals surface area (Å²) in [5, 5.41) is 1.93. The molecule has 206 valence electrons. The van der Waals surface area contributed by atoms with Gasteiger partial charge in [0, 0.05) is 24.5 Å². The smallest absolute Gasteiger partial charge is 0.265 e. The fraction of sp³-hybridized carbons (Fsp3) is 0.688. The van der Waals surface area contributed by atoms with E-state index in [1.54, 1.807) is 10.4 Å². The van der Waals surface area contributed by atoms with Gasteiger partial charge in [-0.25, -0.2) is 8.42 Å². The Labute approximate surface area is 229 Å². The Morgan fingerprint density at radius 3 is 2.13 bits per heavy atom. The van der Waals surface area contributed by atoms with Gasteiger partial charge in [0.05, 0.1) is 10.6 Å². The fourth-order valence-electron chi connectivity index (χ4n) is 9.93. The molecule has 0 radical (unpaired) electrons. The molecule has 0 N–H and O–H groups in total. The van der Waals surface area contributed by atoms with E-state index in [-0.39, 0.29) is 0 Å². The Kier molecular flexibility index (Phi) is 6.33. The SMILES string of the molecule is CCN(CC)C(CN1CCC(CN2c3cccc4cccc(c34)S2(=O)=O)CC1)C12CC3CC(CC(C3)C1)C2. The second-order valence-corrected chi connectivity index (χ2v) is 15.3. The van der Waals surface area contributed by atoms with E-state index in [9.17, 15) is 8.42 Å². The van der Waals surface area contributed by atoms with Gasteiger partial charge in [-0.1, -0.05) is 38.1 Å². The quantitative estimate of drug-likeness (QED) is 0.417. The van der Waals surface area contributed by atoms with Crippen LogP contribution in [0.25, 0.3) is 10.8 Å². The number of likely N-dealkylation sites (N-methyl/N-ethyl adjacent to an activating group) is 1. The number of nitrogens with zero attached hydrogens (tertiary/aromatic N) is 3. The van der Waals surface area contributed by atoms with Crippen LogP contribution in [0.3, 0.4) is 0 Å². The molecule has 2 heterocycles. The lowest BCUT2D eigenvalue weighted by Gasteiger charge is -2.61. The van der Waals surface area contributed by atoms with Gasteiger partial charge in [0.25, 0.3) is 10.0 Å². The molecule has 2 aliphatic heterocycles. The highest BCUT2D eigenvalue weighted by atomic mass is 32.2. The van der Waals surface area contributed by atoms with Gasteiger partial charge < -0.3 is 4.90 Å². The highest BCUT2D eigenvalue weighted by Crippen LogP contribution is 2.62. The van der Waals surface area contributed by atoms with Crippen molar-refractivity contribution in [3.8, 4) is 0 Å². The van der Waals surface area contributed by atoms with Crippen molar-refractivity contribution in [2.75, 3.05) is 43.6 Å². The summed E-state index contributed by atoms with van der Waals surface area (Å²) < 4.78 is 28.7. The molecular weight excluding hydrogens is 490 g/mol. The van der Waals surface area contributed by atoms with Crippen LogP contribution >= 0.6 is 0 Å². The average Bonchev–Trinajstić information content (AvgIpc) is 3.12. The summed E-state index contributed by atoms with van der Waals surface area (Å²) in [6, 6.07) is 12.4. The maximum Gasteiger partial charge on any atom is 0.265 e. The summed E-state index contributed by atoms with van der Waals surface area (Å²) in [5.41, 5.74) is 1.41. The molecule has 0 spiro atoms. The van der Waals surface area contributed by atoms with Gasteiger partial charge in [-0.05, 0) is 124 Å². The van der Waals surface area contributed by atoms with Gasteiger partial charge in [0.15, 0.2) is 0 Å². The molecule has 1 atom stereocenters. The molecule has 0 aromatic heterocycles. The Bertz CT molecular complexity index is 1250. The molecule has 8 rings (SSSR count). The highest BCUT2D eigenvalue weighted by molar-refractivity contribution is 7.93. The van der Waals surface area contributed by atoms with E-state index in [1.807, 2.05) is 30.3 Å². The summed E-state index contributed by atoms with van der Waals surface area (Å²) in [6.45, 7) is 11.0. The number of piperidine rings is 1. The van der Waals surface area contributed by atoms with E-state index in [0.717, 1.165) is 73.2 Å². The van der Waals surface area contributed by atoms with E-state index < -0.39 is 10.0 Å². The lowest BCUT2D eigenvalue weighted by molar-refractivity contribution is -0.107. The zero-order valence-corrected chi connectivity index (χ0v) is 24.1. The second-order valence-electron chi connectivity index (χ2n) is 13.4. The third-order valence-electron chi connectivity index (χ3n) is 11.3. The molecule has 2 aromatic rings. The lowest BCUT2D eigenvalue weighted by Crippen LogP contribution is -2.60. The number of benzene rings is 2. The first-order valence-electron chi connectivity index (χ1n) is 15.4. The Hall–Kier alpha value is -1.63. The molecule has 1 saturated heterocycles. The summed E-state index contributed by atoms with van der Waals surface area (Å²) in [7, 11) is -3.46. The van der Waals surface area contributed by atoms with Crippen LogP contribution in [0.2, 0.25) is 0 Å². The van der Waals surface area contributed by atoms with Crippen LogP contribution in [0.15, 0.2) is 41.3 Å². The predicted octanol–water partition coefficient (Wildman–Crippen LogP) is 5.99. The molecular formula is C32H45N3O2S. The van der Waals surface area contributed by atoms with E-state index in [1.165, 1.54) is 45.1 Å². The minimum atomic E-state index is -3.46. The lowest BCUT2D eigenvalue weighted by atomic mass is 9.47. The molecule has 5 nitrogen and oxygen atoms in total. The van der Waals surface area contributed by atoms with Crippen molar-refractivity contribution in [1.82, 2.24) is 9.80 Å². The maximum absolute atomic E-state index is 13.5. The largest absolute Gasteiger partial charge is 0.302 e. The van der Waals surface area contributed by atoms with Crippen LogP contribution in [0.5, 0.6) is 0 Å². The van der Waals surface area contributed by atoms with E-state index in [0.29, 0.717) is 28.8 Å². The number of anilines is 1. The molecule has 1 unspecified atom stereocenters. The molecule has 38 heavy (non-hydrogen) atoms.